The number of fused-ring (bicyclic) bond motifs is 1. The van der Waals surface area contributed by atoms with Gasteiger partial charge in [-0.25, -0.2) is 14.7 Å². The van der Waals surface area contributed by atoms with Gasteiger partial charge in [0.05, 0.1) is 17.1 Å². The first-order valence-corrected chi connectivity index (χ1v) is 16.0. The number of aromatic nitrogens is 3. The van der Waals surface area contributed by atoms with Crippen LogP contribution >= 0.6 is 0 Å². The third-order valence-electron chi connectivity index (χ3n) is 6.67. The summed E-state index contributed by atoms with van der Waals surface area (Å²) in [6.07, 6.45) is 0.393. The molecule has 0 spiro atoms. The Morgan fingerprint density at radius 2 is 1.57 bits per heavy atom. The van der Waals surface area contributed by atoms with Crippen LogP contribution in [0.2, 0.25) is 0 Å². The van der Waals surface area contributed by atoms with Crippen molar-refractivity contribution in [3.8, 4) is 11.5 Å². The molecule has 14 heteroatoms. The number of nitrogens with one attached hydrogen (secondary N) is 2. The van der Waals surface area contributed by atoms with Crippen LogP contribution in [-0.4, -0.2) is 55.4 Å². The van der Waals surface area contributed by atoms with Crippen LogP contribution in [0.4, 0.5) is 17.1 Å². The maximum absolute atomic E-state index is 12.7. The third-order valence-corrected chi connectivity index (χ3v) is 8.18. The summed E-state index contributed by atoms with van der Waals surface area (Å²) in [6, 6.07) is 18.7. The minimum Gasteiger partial charge on any atom is -0.389 e. The Balaban J connectivity index is 1.15. The molecular formula is C30H34N8O4S2. The SMILES string of the molecule is CC1=Nn2nc(CCNS(=O)Oc3cc(NS(=O)Oc4cc(C)ccc4C)ccc3C)nc2C1=Nc1ccc(N(C)C)cc1. The highest BCUT2D eigenvalue weighted by Crippen LogP contribution is 2.25. The molecule has 12 nitrogen and oxygen atoms in total. The summed E-state index contributed by atoms with van der Waals surface area (Å²) in [4.78, 5) is 12.8. The van der Waals surface area contributed by atoms with Crippen LogP contribution in [0.1, 0.15) is 35.3 Å². The molecule has 0 fully saturated rings. The van der Waals surface area contributed by atoms with Gasteiger partial charge in [0, 0.05) is 38.8 Å². The summed E-state index contributed by atoms with van der Waals surface area (Å²) in [7, 11) is 3.98. The average molecular weight is 635 g/mol. The molecule has 1 aromatic heterocycles. The molecule has 5 rings (SSSR count). The molecule has 1 aliphatic rings. The van der Waals surface area contributed by atoms with Gasteiger partial charge in [-0.15, -0.1) is 9.89 Å². The zero-order chi connectivity index (χ0) is 31.4. The van der Waals surface area contributed by atoms with E-state index in [-0.39, 0.29) is 0 Å². The van der Waals surface area contributed by atoms with Crippen molar-refractivity contribution < 1.29 is 16.8 Å². The van der Waals surface area contributed by atoms with Crippen molar-refractivity contribution in [2.45, 2.75) is 34.1 Å². The second-order valence-electron chi connectivity index (χ2n) is 10.4. The molecule has 2 unspecified atom stereocenters. The van der Waals surface area contributed by atoms with E-state index >= 15 is 0 Å². The molecule has 2 heterocycles. The number of hydrogen-bond acceptors (Lipinski definition) is 9. The molecule has 0 bridgehead atoms. The van der Waals surface area contributed by atoms with Crippen LogP contribution in [0.15, 0.2) is 70.8 Å². The van der Waals surface area contributed by atoms with Crippen molar-refractivity contribution in [1.29, 1.82) is 0 Å². The zero-order valence-electron chi connectivity index (χ0n) is 25.3. The van der Waals surface area contributed by atoms with Crippen LogP contribution in [0.5, 0.6) is 11.5 Å². The van der Waals surface area contributed by atoms with Gasteiger partial charge in [0.2, 0.25) is 5.82 Å². The van der Waals surface area contributed by atoms with E-state index in [4.69, 9.17) is 13.4 Å². The molecule has 44 heavy (non-hydrogen) atoms. The minimum absolute atomic E-state index is 0.294. The van der Waals surface area contributed by atoms with Crippen LogP contribution in [0.3, 0.4) is 0 Å². The molecule has 0 aliphatic carbocycles. The topological polar surface area (TPSA) is 135 Å². The zero-order valence-corrected chi connectivity index (χ0v) is 27.0. The van der Waals surface area contributed by atoms with Gasteiger partial charge in [0.1, 0.15) is 17.2 Å². The predicted octanol–water partition coefficient (Wildman–Crippen LogP) is 4.49. The van der Waals surface area contributed by atoms with E-state index in [1.807, 2.05) is 89.2 Å². The number of aryl methyl sites for hydroxylation is 3. The quantitative estimate of drug-likeness (QED) is 0.235. The van der Waals surface area contributed by atoms with Gasteiger partial charge >= 0.3 is 11.3 Å². The Bertz CT molecular complexity index is 1780. The smallest absolute Gasteiger partial charge is 0.316 e. The van der Waals surface area contributed by atoms with E-state index in [1.165, 1.54) is 4.79 Å². The number of hydrogen-bond donors (Lipinski definition) is 2. The first-order chi connectivity index (χ1) is 21.0. The maximum Gasteiger partial charge on any atom is 0.316 e. The van der Waals surface area contributed by atoms with E-state index in [1.54, 1.807) is 18.2 Å². The number of anilines is 2. The monoisotopic (exact) mass is 634 g/mol. The van der Waals surface area contributed by atoms with Crippen LogP contribution in [0.25, 0.3) is 0 Å². The van der Waals surface area contributed by atoms with Crippen molar-refractivity contribution in [2.24, 2.45) is 10.1 Å². The van der Waals surface area contributed by atoms with Gasteiger partial charge in [0.15, 0.2) is 5.82 Å². The predicted molar refractivity (Wildman–Crippen MR) is 175 cm³/mol. The van der Waals surface area contributed by atoms with Crippen LogP contribution in [0, 0.1) is 20.8 Å². The Labute approximate surface area is 261 Å². The minimum atomic E-state index is -1.85. The van der Waals surface area contributed by atoms with E-state index in [0.29, 0.717) is 47.5 Å². The second kappa shape index (κ2) is 13.5. The highest BCUT2D eigenvalue weighted by atomic mass is 32.2. The molecule has 0 amide bonds. The molecule has 0 radical (unpaired) electrons. The highest BCUT2D eigenvalue weighted by molar-refractivity contribution is 7.82. The Morgan fingerprint density at radius 3 is 2.30 bits per heavy atom. The fourth-order valence-electron chi connectivity index (χ4n) is 4.21. The summed E-state index contributed by atoms with van der Waals surface area (Å²) < 4.78 is 42.1. The van der Waals surface area contributed by atoms with Crippen molar-refractivity contribution in [1.82, 2.24) is 19.6 Å². The summed E-state index contributed by atoms with van der Waals surface area (Å²) in [5, 5.41) is 8.89. The number of benzene rings is 3. The third kappa shape index (κ3) is 7.56. The Kier molecular flexibility index (Phi) is 9.52. The first-order valence-electron chi connectivity index (χ1n) is 13.8. The fourth-order valence-corrected chi connectivity index (χ4v) is 5.59. The number of nitrogens with zero attached hydrogens (tertiary/aromatic N) is 6. The molecule has 1 aliphatic heterocycles. The molecule has 230 valence electrons. The van der Waals surface area contributed by atoms with Crippen molar-refractivity contribution in [2.75, 3.05) is 30.3 Å². The first kappa shape index (κ1) is 31.0. The summed E-state index contributed by atoms with van der Waals surface area (Å²) in [6.45, 7) is 7.81. The van der Waals surface area contributed by atoms with Gasteiger partial charge in [-0.2, -0.15) is 13.5 Å². The van der Waals surface area contributed by atoms with Crippen LogP contribution < -0.4 is 22.7 Å². The molecule has 2 N–H and O–H groups in total. The average Bonchev–Trinajstić information content (AvgIpc) is 3.49. The number of rotatable bonds is 12. The highest BCUT2D eigenvalue weighted by Gasteiger charge is 2.24. The normalized spacial score (nSPS) is 14.6. The number of aliphatic imine (C=N–C) groups is 1. The molecular weight excluding hydrogens is 601 g/mol. The lowest BCUT2D eigenvalue weighted by Crippen LogP contribution is -2.24. The van der Waals surface area contributed by atoms with E-state index in [9.17, 15) is 8.42 Å². The summed E-state index contributed by atoms with van der Waals surface area (Å²) in [5.41, 5.74) is 6.38. The lowest BCUT2D eigenvalue weighted by molar-refractivity contribution is 0.544. The maximum atomic E-state index is 12.7. The largest absolute Gasteiger partial charge is 0.389 e. The summed E-state index contributed by atoms with van der Waals surface area (Å²) in [5.74, 6) is 1.99. The van der Waals surface area contributed by atoms with Gasteiger partial charge in [-0.1, -0.05) is 18.2 Å². The second-order valence-corrected chi connectivity index (χ2v) is 12.2. The fraction of sp³-hybridized carbons (Fsp3) is 0.267. The molecule has 0 saturated heterocycles. The van der Waals surface area contributed by atoms with E-state index in [0.717, 1.165) is 33.8 Å². The van der Waals surface area contributed by atoms with Crippen LogP contribution in [-0.2, 0) is 29.0 Å². The van der Waals surface area contributed by atoms with Gasteiger partial charge < -0.3 is 13.3 Å². The summed E-state index contributed by atoms with van der Waals surface area (Å²) >= 11 is -3.69. The van der Waals surface area contributed by atoms with Gasteiger partial charge in [-0.05, 0) is 80.8 Å². The molecule has 3 aromatic carbocycles. The molecule has 0 saturated carbocycles. The molecule has 2 atom stereocenters. The van der Waals surface area contributed by atoms with E-state index < -0.39 is 22.5 Å². The Morgan fingerprint density at radius 1 is 0.886 bits per heavy atom. The van der Waals surface area contributed by atoms with Gasteiger partial charge in [-0.3, -0.25) is 4.72 Å². The van der Waals surface area contributed by atoms with Crippen molar-refractivity contribution in [3.63, 3.8) is 0 Å². The molecule has 4 aromatic rings. The lowest BCUT2D eigenvalue weighted by Gasteiger charge is -2.12. The van der Waals surface area contributed by atoms with Gasteiger partial charge in [0.25, 0.3) is 11.3 Å². The lowest BCUT2D eigenvalue weighted by atomic mass is 10.1. The Hall–Kier alpha value is -4.40. The van der Waals surface area contributed by atoms with E-state index in [2.05, 4.69) is 24.6 Å². The standard InChI is InChI=1S/C30H34N8O4S2/c1-19-7-8-20(2)26(17-19)42-44(40)36-24-10-9-21(3)27(18-24)41-43(39)31-16-15-28-33-30-29(22(4)34-38(30)35-28)32-23-11-13-25(14-12-23)37(5)6/h7-14,17-18,31,36H,15-16H2,1-6H3. The van der Waals surface area contributed by atoms with Crippen molar-refractivity contribution >= 4 is 51.0 Å². The van der Waals surface area contributed by atoms with Crippen molar-refractivity contribution in [3.05, 3.63) is 89.0 Å².